The lowest BCUT2D eigenvalue weighted by molar-refractivity contribution is -0.139. The number of allylic oxidation sites excluding steroid dienone is 1. The summed E-state index contributed by atoms with van der Waals surface area (Å²) in [5, 5.41) is 8.69. The van der Waals surface area contributed by atoms with E-state index in [1.54, 1.807) is 23.7 Å². The number of rotatable bonds is 4. The Kier molecular flexibility index (Phi) is 5.30. The van der Waals surface area contributed by atoms with Crippen LogP contribution in [0, 0.1) is 0 Å². The normalized spacial score (nSPS) is 15.7. The average molecular weight is 429 g/mol. The minimum atomic E-state index is -0.551. The SMILES string of the molecule is CCOC(=O)C1=C(C)Nc2nc(-c3ccccc3)nn2C1c1ccc(Cl)c(Cl)c1. The van der Waals surface area contributed by atoms with Gasteiger partial charge in [-0.3, -0.25) is 0 Å². The summed E-state index contributed by atoms with van der Waals surface area (Å²) in [6.07, 6.45) is 0. The zero-order valence-corrected chi connectivity index (χ0v) is 17.3. The van der Waals surface area contributed by atoms with E-state index in [1.807, 2.05) is 43.3 Å². The molecule has 6 nitrogen and oxygen atoms in total. The minimum Gasteiger partial charge on any atom is -0.463 e. The van der Waals surface area contributed by atoms with Gasteiger partial charge in [-0.15, -0.1) is 5.10 Å². The van der Waals surface area contributed by atoms with Crippen molar-refractivity contribution in [2.75, 3.05) is 11.9 Å². The molecular weight excluding hydrogens is 411 g/mol. The van der Waals surface area contributed by atoms with Gasteiger partial charge in [0.05, 0.1) is 22.2 Å². The van der Waals surface area contributed by atoms with E-state index < -0.39 is 12.0 Å². The summed E-state index contributed by atoms with van der Waals surface area (Å²) < 4.78 is 6.99. The Hall–Kier alpha value is -2.83. The van der Waals surface area contributed by atoms with E-state index in [1.165, 1.54) is 0 Å². The molecule has 1 aromatic heterocycles. The number of aromatic nitrogens is 3. The van der Waals surface area contributed by atoms with Gasteiger partial charge in [-0.05, 0) is 31.5 Å². The van der Waals surface area contributed by atoms with Crippen molar-refractivity contribution in [2.24, 2.45) is 0 Å². The van der Waals surface area contributed by atoms with Gasteiger partial charge in [0, 0.05) is 11.3 Å². The summed E-state index contributed by atoms with van der Waals surface area (Å²) in [6, 6.07) is 14.4. The number of anilines is 1. The average Bonchev–Trinajstić information content (AvgIpc) is 3.13. The van der Waals surface area contributed by atoms with Crippen LogP contribution in [-0.4, -0.2) is 27.3 Å². The molecule has 1 unspecified atom stereocenters. The number of carbonyl (C=O) groups is 1. The van der Waals surface area contributed by atoms with Crippen molar-refractivity contribution in [2.45, 2.75) is 19.9 Å². The number of nitrogens with zero attached hydrogens (tertiary/aromatic N) is 3. The molecule has 0 spiro atoms. The number of esters is 1. The van der Waals surface area contributed by atoms with Crippen LogP contribution in [0.15, 0.2) is 59.8 Å². The van der Waals surface area contributed by atoms with Crippen molar-refractivity contribution in [3.8, 4) is 11.4 Å². The maximum atomic E-state index is 12.8. The van der Waals surface area contributed by atoms with Crippen LogP contribution in [0.5, 0.6) is 0 Å². The van der Waals surface area contributed by atoms with Crippen LogP contribution in [-0.2, 0) is 9.53 Å². The number of hydrogen-bond acceptors (Lipinski definition) is 5. The summed E-state index contributed by atoms with van der Waals surface area (Å²) in [4.78, 5) is 17.4. The fraction of sp³-hybridized carbons (Fsp3) is 0.190. The first-order valence-electron chi connectivity index (χ1n) is 9.11. The molecule has 0 amide bonds. The molecule has 0 fully saturated rings. The molecule has 1 aliphatic rings. The summed E-state index contributed by atoms with van der Waals surface area (Å²) in [5.41, 5.74) is 2.73. The third-order valence-corrected chi connectivity index (χ3v) is 5.38. The topological polar surface area (TPSA) is 69.0 Å². The molecule has 0 saturated heterocycles. The van der Waals surface area contributed by atoms with Gasteiger partial charge in [0.2, 0.25) is 5.95 Å². The second-order valence-electron chi connectivity index (χ2n) is 6.53. The van der Waals surface area contributed by atoms with Crippen LogP contribution < -0.4 is 5.32 Å². The molecular formula is C21H18Cl2N4O2. The molecule has 1 aliphatic heterocycles. The van der Waals surface area contributed by atoms with Gasteiger partial charge >= 0.3 is 5.97 Å². The van der Waals surface area contributed by atoms with Crippen LogP contribution in [0.3, 0.4) is 0 Å². The highest BCUT2D eigenvalue weighted by Gasteiger charge is 2.35. The number of benzene rings is 2. The third kappa shape index (κ3) is 3.61. The zero-order chi connectivity index (χ0) is 20.5. The number of ether oxygens (including phenoxy) is 1. The van der Waals surface area contributed by atoms with Crippen LogP contribution in [0.4, 0.5) is 5.95 Å². The molecule has 2 heterocycles. The molecule has 0 saturated carbocycles. The molecule has 0 radical (unpaired) electrons. The first-order valence-corrected chi connectivity index (χ1v) is 9.87. The molecule has 3 aromatic rings. The first kappa shape index (κ1) is 19.5. The molecule has 148 valence electrons. The van der Waals surface area contributed by atoms with E-state index in [2.05, 4.69) is 15.4 Å². The summed E-state index contributed by atoms with van der Waals surface area (Å²) >= 11 is 12.4. The number of hydrogen-bond donors (Lipinski definition) is 1. The van der Waals surface area contributed by atoms with Crippen LogP contribution in [0.1, 0.15) is 25.5 Å². The number of nitrogens with one attached hydrogen (secondary N) is 1. The standard InChI is InChI=1S/C21H18Cl2N4O2/c1-3-29-20(28)17-12(2)24-21-25-19(13-7-5-4-6-8-13)26-27(21)18(17)14-9-10-15(22)16(23)11-14/h4-11,18H,3H2,1-2H3,(H,24,25,26). The first-order chi connectivity index (χ1) is 14.0. The Morgan fingerprint density at radius 3 is 2.62 bits per heavy atom. The number of carbonyl (C=O) groups excluding carboxylic acids is 1. The third-order valence-electron chi connectivity index (χ3n) is 4.64. The molecule has 8 heteroatoms. The van der Waals surface area contributed by atoms with Crippen molar-refractivity contribution < 1.29 is 9.53 Å². The zero-order valence-electron chi connectivity index (χ0n) is 15.8. The summed E-state index contributed by atoms with van der Waals surface area (Å²) in [7, 11) is 0. The van der Waals surface area contributed by atoms with Gasteiger partial charge in [-0.2, -0.15) is 4.98 Å². The van der Waals surface area contributed by atoms with Gasteiger partial charge in [-0.25, -0.2) is 9.48 Å². The minimum absolute atomic E-state index is 0.267. The van der Waals surface area contributed by atoms with Gasteiger partial charge in [0.1, 0.15) is 6.04 Å². The van der Waals surface area contributed by atoms with Crippen molar-refractivity contribution in [1.29, 1.82) is 0 Å². The van der Waals surface area contributed by atoms with Crippen molar-refractivity contribution >= 4 is 35.1 Å². The molecule has 4 rings (SSSR count). The lowest BCUT2D eigenvalue weighted by atomic mass is 9.96. The Labute approximate surface area is 178 Å². The second-order valence-corrected chi connectivity index (χ2v) is 7.34. The quantitative estimate of drug-likeness (QED) is 0.585. The van der Waals surface area contributed by atoms with E-state index >= 15 is 0 Å². The largest absolute Gasteiger partial charge is 0.463 e. The van der Waals surface area contributed by atoms with Crippen LogP contribution >= 0.6 is 23.2 Å². The van der Waals surface area contributed by atoms with E-state index in [-0.39, 0.29) is 6.61 Å². The highest BCUT2D eigenvalue weighted by Crippen LogP contribution is 2.38. The predicted molar refractivity (Wildman–Crippen MR) is 113 cm³/mol. The lowest BCUT2D eigenvalue weighted by Gasteiger charge is -2.28. The van der Waals surface area contributed by atoms with Gasteiger partial charge < -0.3 is 10.1 Å². The monoisotopic (exact) mass is 428 g/mol. The maximum absolute atomic E-state index is 12.8. The second kappa shape index (κ2) is 7.89. The van der Waals surface area contributed by atoms with Gasteiger partial charge in [0.15, 0.2) is 5.82 Å². The van der Waals surface area contributed by atoms with E-state index in [4.69, 9.17) is 27.9 Å². The molecule has 1 N–H and O–H groups in total. The Morgan fingerprint density at radius 1 is 1.17 bits per heavy atom. The van der Waals surface area contributed by atoms with E-state index in [0.29, 0.717) is 33.1 Å². The van der Waals surface area contributed by atoms with Crippen LogP contribution in [0.25, 0.3) is 11.4 Å². The molecule has 0 bridgehead atoms. The molecule has 2 aromatic carbocycles. The Bertz CT molecular complexity index is 1110. The fourth-order valence-electron chi connectivity index (χ4n) is 3.32. The highest BCUT2D eigenvalue weighted by molar-refractivity contribution is 6.42. The highest BCUT2D eigenvalue weighted by atomic mass is 35.5. The lowest BCUT2D eigenvalue weighted by Crippen LogP contribution is -2.29. The maximum Gasteiger partial charge on any atom is 0.338 e. The van der Waals surface area contributed by atoms with Crippen molar-refractivity contribution in [1.82, 2.24) is 14.8 Å². The summed E-state index contributed by atoms with van der Waals surface area (Å²) in [6.45, 7) is 3.85. The summed E-state index contributed by atoms with van der Waals surface area (Å²) in [5.74, 6) is 0.664. The molecule has 29 heavy (non-hydrogen) atoms. The van der Waals surface area contributed by atoms with Crippen molar-refractivity contribution in [3.05, 3.63) is 75.4 Å². The van der Waals surface area contributed by atoms with Gasteiger partial charge in [0.25, 0.3) is 0 Å². The van der Waals surface area contributed by atoms with Crippen LogP contribution in [0.2, 0.25) is 10.0 Å². The van der Waals surface area contributed by atoms with E-state index in [9.17, 15) is 4.79 Å². The Morgan fingerprint density at radius 2 is 1.93 bits per heavy atom. The molecule has 1 atom stereocenters. The predicted octanol–water partition coefficient (Wildman–Crippen LogP) is 5.10. The molecule has 0 aliphatic carbocycles. The van der Waals surface area contributed by atoms with Gasteiger partial charge in [-0.1, -0.05) is 59.6 Å². The smallest absolute Gasteiger partial charge is 0.338 e. The number of fused-ring (bicyclic) bond motifs is 1. The fourth-order valence-corrected chi connectivity index (χ4v) is 3.63. The van der Waals surface area contributed by atoms with Crippen molar-refractivity contribution in [3.63, 3.8) is 0 Å². The van der Waals surface area contributed by atoms with E-state index in [0.717, 1.165) is 11.1 Å². The number of halogens is 2. The Balaban J connectivity index is 1.88.